The van der Waals surface area contributed by atoms with Crippen molar-refractivity contribution in [3.05, 3.63) is 36.0 Å². The Morgan fingerprint density at radius 2 is 2.25 bits per heavy atom. The number of methoxy groups -OCH3 is 1. The van der Waals surface area contributed by atoms with Crippen LogP contribution in [0.1, 0.15) is 11.5 Å². The molecule has 0 aliphatic rings. The predicted molar refractivity (Wildman–Crippen MR) is 62.1 cm³/mol. The number of esters is 1. The Morgan fingerprint density at radius 3 is 2.94 bits per heavy atom. The highest BCUT2D eigenvalue weighted by Crippen LogP contribution is 2.25. The van der Waals surface area contributed by atoms with E-state index in [2.05, 4.69) is 4.98 Å². The van der Waals surface area contributed by atoms with Crippen molar-refractivity contribution < 1.29 is 9.53 Å². The topological polar surface area (TPSA) is 68.1 Å². The molecule has 4 nitrogen and oxygen atoms in total. The largest absolute Gasteiger partial charge is 0.469 e. The van der Waals surface area contributed by atoms with Crippen LogP contribution in [0.25, 0.3) is 10.9 Å². The van der Waals surface area contributed by atoms with Gasteiger partial charge in [-0.25, -0.2) is 0 Å². The summed E-state index contributed by atoms with van der Waals surface area (Å²) >= 11 is 0. The van der Waals surface area contributed by atoms with E-state index in [1.807, 2.05) is 30.5 Å². The van der Waals surface area contributed by atoms with Gasteiger partial charge in [-0.15, -0.1) is 0 Å². The minimum Gasteiger partial charge on any atom is -0.469 e. The van der Waals surface area contributed by atoms with Crippen LogP contribution in [0.4, 0.5) is 0 Å². The van der Waals surface area contributed by atoms with Crippen LogP contribution in [0.2, 0.25) is 0 Å². The lowest BCUT2D eigenvalue weighted by molar-refractivity contribution is -0.142. The lowest BCUT2D eigenvalue weighted by Gasteiger charge is -2.11. The molecule has 1 aromatic heterocycles. The Morgan fingerprint density at radius 1 is 1.50 bits per heavy atom. The first kappa shape index (κ1) is 10.7. The molecule has 0 saturated carbocycles. The van der Waals surface area contributed by atoms with Crippen LogP contribution in [-0.2, 0) is 9.53 Å². The van der Waals surface area contributed by atoms with Crippen LogP contribution >= 0.6 is 0 Å². The third-order valence-electron chi connectivity index (χ3n) is 2.72. The fourth-order valence-electron chi connectivity index (χ4n) is 1.87. The molecule has 4 heteroatoms. The van der Waals surface area contributed by atoms with E-state index in [-0.39, 0.29) is 12.5 Å². The molecule has 0 aliphatic heterocycles. The van der Waals surface area contributed by atoms with Gasteiger partial charge < -0.3 is 15.5 Å². The number of hydrogen-bond donors (Lipinski definition) is 2. The van der Waals surface area contributed by atoms with Crippen LogP contribution in [-0.4, -0.2) is 24.6 Å². The Balaban J connectivity index is 2.49. The lowest BCUT2D eigenvalue weighted by Crippen LogP contribution is -2.22. The van der Waals surface area contributed by atoms with Crippen LogP contribution in [0, 0.1) is 0 Å². The van der Waals surface area contributed by atoms with Crippen molar-refractivity contribution in [3.63, 3.8) is 0 Å². The fraction of sp³-hybridized carbons (Fsp3) is 0.250. The van der Waals surface area contributed by atoms with Gasteiger partial charge in [0.05, 0.1) is 13.0 Å². The van der Waals surface area contributed by atoms with Crippen LogP contribution < -0.4 is 5.73 Å². The molecule has 2 rings (SSSR count). The molecule has 0 amide bonds. The summed E-state index contributed by atoms with van der Waals surface area (Å²) in [6, 6.07) is 7.80. The van der Waals surface area contributed by atoms with Crippen molar-refractivity contribution in [2.24, 2.45) is 5.73 Å². The van der Waals surface area contributed by atoms with E-state index in [1.54, 1.807) is 0 Å². The Bertz CT molecular complexity index is 504. The molecule has 0 aliphatic carbocycles. The number of aromatic nitrogens is 1. The van der Waals surface area contributed by atoms with Crippen molar-refractivity contribution in [1.29, 1.82) is 0 Å². The minimum absolute atomic E-state index is 0.245. The maximum absolute atomic E-state index is 11.6. The summed E-state index contributed by atoms with van der Waals surface area (Å²) in [7, 11) is 1.37. The third-order valence-corrected chi connectivity index (χ3v) is 2.72. The van der Waals surface area contributed by atoms with Crippen LogP contribution in [0.15, 0.2) is 30.5 Å². The van der Waals surface area contributed by atoms with Crippen molar-refractivity contribution in [1.82, 2.24) is 4.98 Å². The van der Waals surface area contributed by atoms with Crippen LogP contribution in [0.3, 0.4) is 0 Å². The summed E-state index contributed by atoms with van der Waals surface area (Å²) < 4.78 is 4.74. The average Bonchev–Trinajstić information content (AvgIpc) is 2.74. The first-order chi connectivity index (χ1) is 7.77. The quantitative estimate of drug-likeness (QED) is 0.765. The summed E-state index contributed by atoms with van der Waals surface area (Å²) in [5.41, 5.74) is 7.51. The summed E-state index contributed by atoms with van der Waals surface area (Å²) in [6.45, 7) is 0.245. The number of nitrogens with two attached hydrogens (primary N) is 1. The van der Waals surface area contributed by atoms with E-state index >= 15 is 0 Å². The van der Waals surface area contributed by atoms with Gasteiger partial charge >= 0.3 is 5.97 Å². The van der Waals surface area contributed by atoms with E-state index in [4.69, 9.17) is 10.5 Å². The molecule has 0 spiro atoms. The normalized spacial score (nSPS) is 12.6. The molecular weight excluding hydrogens is 204 g/mol. The van der Waals surface area contributed by atoms with E-state index in [9.17, 15) is 4.79 Å². The molecule has 0 bridgehead atoms. The fourth-order valence-corrected chi connectivity index (χ4v) is 1.87. The monoisotopic (exact) mass is 218 g/mol. The third kappa shape index (κ3) is 1.67. The van der Waals surface area contributed by atoms with Gasteiger partial charge in [-0.1, -0.05) is 18.2 Å². The number of carbonyl (C=O) groups is 1. The number of carbonyl (C=O) groups excluding carboxylic acids is 1. The molecule has 1 atom stereocenters. The van der Waals surface area contributed by atoms with Crippen molar-refractivity contribution in [2.75, 3.05) is 13.7 Å². The maximum atomic E-state index is 11.6. The minimum atomic E-state index is -0.402. The summed E-state index contributed by atoms with van der Waals surface area (Å²) in [4.78, 5) is 14.7. The van der Waals surface area contributed by atoms with Gasteiger partial charge in [0.15, 0.2) is 0 Å². The molecule has 2 aromatic rings. The molecule has 0 unspecified atom stereocenters. The van der Waals surface area contributed by atoms with E-state index < -0.39 is 5.92 Å². The number of benzene rings is 1. The molecule has 1 heterocycles. The molecule has 0 fully saturated rings. The summed E-state index contributed by atoms with van der Waals surface area (Å²) in [5.74, 6) is -0.701. The second kappa shape index (κ2) is 4.37. The Hall–Kier alpha value is -1.81. The van der Waals surface area contributed by atoms with Crippen LogP contribution in [0.5, 0.6) is 0 Å². The Kier molecular flexibility index (Phi) is 2.92. The molecular formula is C12H14N2O2. The number of nitrogens with one attached hydrogen (secondary N) is 1. The van der Waals surface area contributed by atoms with Gasteiger partial charge in [-0.3, -0.25) is 4.79 Å². The molecule has 0 radical (unpaired) electrons. The highest BCUT2D eigenvalue weighted by Gasteiger charge is 2.22. The zero-order chi connectivity index (χ0) is 11.5. The number of fused-ring (bicyclic) bond motifs is 1. The number of hydrogen-bond acceptors (Lipinski definition) is 3. The van der Waals surface area contributed by atoms with Gasteiger partial charge in [0.2, 0.25) is 0 Å². The van der Waals surface area contributed by atoms with E-state index in [1.165, 1.54) is 7.11 Å². The number of para-hydroxylation sites is 1. The average molecular weight is 218 g/mol. The molecule has 16 heavy (non-hydrogen) atoms. The lowest BCUT2D eigenvalue weighted by atomic mass is 9.99. The van der Waals surface area contributed by atoms with Crippen molar-refractivity contribution in [2.45, 2.75) is 5.92 Å². The number of aromatic amines is 1. The summed E-state index contributed by atoms with van der Waals surface area (Å²) in [6.07, 6.45) is 1.82. The predicted octanol–water partition coefficient (Wildman–Crippen LogP) is 1.38. The SMILES string of the molecule is COC(=O)[C@H](CN)c1c[nH]c2ccccc12. The highest BCUT2D eigenvalue weighted by molar-refractivity contribution is 5.90. The second-order valence-electron chi connectivity index (χ2n) is 3.60. The van der Waals surface area contributed by atoms with Gasteiger partial charge in [-0.2, -0.15) is 0 Å². The number of H-pyrrole nitrogens is 1. The van der Waals surface area contributed by atoms with E-state index in [0.717, 1.165) is 16.5 Å². The van der Waals surface area contributed by atoms with Gasteiger partial charge in [0, 0.05) is 23.6 Å². The maximum Gasteiger partial charge on any atom is 0.314 e. The standard InChI is InChI=1S/C12H14N2O2/c1-16-12(15)9(6-13)10-7-14-11-5-3-2-4-8(10)11/h2-5,7,9,14H,6,13H2,1H3/t9-/m1/s1. The Labute approximate surface area is 93.4 Å². The summed E-state index contributed by atoms with van der Waals surface area (Å²) in [5, 5.41) is 1.02. The molecule has 3 N–H and O–H groups in total. The zero-order valence-electron chi connectivity index (χ0n) is 9.07. The molecule has 1 aromatic carbocycles. The van der Waals surface area contributed by atoms with Gasteiger partial charge in [0.25, 0.3) is 0 Å². The van der Waals surface area contributed by atoms with Crippen molar-refractivity contribution in [3.8, 4) is 0 Å². The zero-order valence-corrected chi connectivity index (χ0v) is 9.07. The molecule has 0 saturated heterocycles. The molecule has 84 valence electrons. The van der Waals surface area contributed by atoms with Gasteiger partial charge in [0.1, 0.15) is 0 Å². The number of ether oxygens (including phenoxy) is 1. The first-order valence-electron chi connectivity index (χ1n) is 5.12. The smallest absolute Gasteiger partial charge is 0.314 e. The van der Waals surface area contributed by atoms with Crippen molar-refractivity contribution >= 4 is 16.9 Å². The first-order valence-corrected chi connectivity index (χ1v) is 5.12. The van der Waals surface area contributed by atoms with E-state index in [0.29, 0.717) is 0 Å². The second-order valence-corrected chi connectivity index (χ2v) is 3.60. The highest BCUT2D eigenvalue weighted by atomic mass is 16.5. The number of rotatable bonds is 3. The van der Waals surface area contributed by atoms with Gasteiger partial charge in [-0.05, 0) is 11.6 Å².